The minimum absolute atomic E-state index is 0.0538. The molecule has 12 rings (SSSR count). The molecule has 2 aliphatic carbocycles. The van der Waals surface area contributed by atoms with Crippen molar-refractivity contribution in [1.82, 2.24) is 20.4 Å². The lowest BCUT2D eigenvalue weighted by atomic mass is 9.81. The molecule has 0 saturated carbocycles. The molecule has 0 fully saturated rings. The summed E-state index contributed by atoms with van der Waals surface area (Å²) in [4.78, 5) is 11.7. The molecule has 492 valence electrons. The molecule has 8 aromatic carbocycles. The first-order valence-electron chi connectivity index (χ1n) is 33.2. The van der Waals surface area contributed by atoms with Crippen LogP contribution in [0.15, 0.2) is 259 Å². The van der Waals surface area contributed by atoms with Crippen LogP contribution in [0.3, 0.4) is 0 Å². The molecule has 8 atom stereocenters. The Labute approximate surface area is 559 Å². The molecule has 0 bridgehead atoms. The fraction of sp³-hybridized carbons (Fsp3) is 0.293. The number of aliphatic hydroxyl groups excluding tert-OH is 1. The summed E-state index contributed by atoms with van der Waals surface area (Å²) in [7, 11) is 0. The summed E-state index contributed by atoms with van der Waals surface area (Å²) < 4.78 is 44.3. The van der Waals surface area contributed by atoms with E-state index < -0.39 is 6.10 Å². The molecule has 0 spiro atoms. The van der Waals surface area contributed by atoms with Gasteiger partial charge in [-0.1, -0.05) is 251 Å². The van der Waals surface area contributed by atoms with Crippen molar-refractivity contribution < 1.29 is 38.3 Å². The number of aliphatic hydroxyl groups is 1. The number of H-pyrrole nitrogens is 3. The molecule has 10 aromatic rings. The standard InChI is InChI=1S/C41H44N2O4.C23H28O3.C18H18N2O2/c1-4-35-25-38(40(46-28-34-18-12-7-13-19-34)39(29(35)2)45-27-33-16-10-6-11-17-33)47-41-37(30(3)42-43-41)24-31-20-22-36(23-21-31)44-26-32-14-8-5-9-15-32;1-3-20-14-21(24)23(26-16-19-12-8-5-9-13-19)22(17(20)2)25-15-18-10-6-4-7-11-18;1-13-17(18(21)20-19-13)11-14-7-9-16(10-8-14)22-12-15-5-3-2-4-6-15/h5-23,25,29,38-40H,4,24,26-28H2,1-3H3,(H,42,43);4-14,17,21-24H,3,15-16H2,1-2H3;2-10H,11-12H2,1H3,(H2,19,20,21)/t29-,38-,39+,40+;17-,21+,22+,23+;/m11./s1. The van der Waals surface area contributed by atoms with Crippen molar-refractivity contribution in [3.8, 4) is 17.4 Å². The number of ether oxygens (including phenoxy) is 7. The van der Waals surface area contributed by atoms with Crippen molar-refractivity contribution >= 4 is 0 Å². The van der Waals surface area contributed by atoms with Gasteiger partial charge in [-0.25, -0.2) is 0 Å². The predicted octanol–water partition coefficient (Wildman–Crippen LogP) is 16.5. The van der Waals surface area contributed by atoms with Crippen LogP contribution in [-0.4, -0.2) is 62.1 Å². The fourth-order valence-corrected chi connectivity index (χ4v) is 12.1. The topological polar surface area (TPSA) is 162 Å². The number of hydrogen-bond acceptors (Lipinski definition) is 10. The summed E-state index contributed by atoms with van der Waals surface area (Å²) >= 11 is 0. The second-order valence-corrected chi connectivity index (χ2v) is 24.4. The Kier molecular flexibility index (Phi) is 25.4. The molecule has 0 radical (unpaired) electrons. The third-order valence-corrected chi connectivity index (χ3v) is 17.7. The third-order valence-electron chi connectivity index (χ3n) is 17.7. The van der Waals surface area contributed by atoms with Crippen molar-refractivity contribution in [2.75, 3.05) is 0 Å². The zero-order chi connectivity index (χ0) is 66.1. The van der Waals surface area contributed by atoms with E-state index in [1.807, 2.05) is 190 Å². The molecule has 13 nitrogen and oxygen atoms in total. The van der Waals surface area contributed by atoms with Crippen LogP contribution in [0.4, 0.5) is 0 Å². The Bertz CT molecular complexity index is 3970. The van der Waals surface area contributed by atoms with Crippen molar-refractivity contribution in [3.05, 3.63) is 331 Å². The van der Waals surface area contributed by atoms with Crippen LogP contribution in [0.25, 0.3) is 0 Å². The lowest BCUT2D eigenvalue weighted by molar-refractivity contribution is -0.140. The van der Waals surface area contributed by atoms with Crippen molar-refractivity contribution in [1.29, 1.82) is 0 Å². The molecule has 13 heteroatoms. The number of aromatic nitrogens is 4. The van der Waals surface area contributed by atoms with Crippen LogP contribution >= 0.6 is 0 Å². The van der Waals surface area contributed by atoms with Crippen LogP contribution in [0.2, 0.25) is 0 Å². The van der Waals surface area contributed by atoms with Gasteiger partial charge in [-0.2, -0.15) is 0 Å². The SMILES string of the molecule is CCC1=C[C@@H](Oc2n[nH]c(C)c2Cc2ccc(OCc3ccccc3)cc2)[C@H](OCc2ccccc2)[C@@H](OCc2ccccc2)[C@@H]1C.CCC1=C[C@H](O)[C@H](OCc2ccccc2)[C@@H](OCc2ccccc2)[C@@H]1C.Cc1[nH][nH]c(=O)c1Cc1ccc(OCc2ccccc2)cc1. The van der Waals surface area contributed by atoms with Gasteiger partial charge < -0.3 is 43.4 Å². The molecule has 0 saturated heterocycles. The van der Waals surface area contributed by atoms with Gasteiger partial charge in [0.2, 0.25) is 5.88 Å². The molecule has 0 unspecified atom stereocenters. The maximum Gasteiger partial charge on any atom is 0.267 e. The molecule has 2 aromatic heterocycles. The zero-order valence-corrected chi connectivity index (χ0v) is 55.4. The van der Waals surface area contributed by atoms with Gasteiger partial charge in [0.1, 0.15) is 49.1 Å². The van der Waals surface area contributed by atoms with E-state index in [9.17, 15) is 9.90 Å². The number of aryl methyl sites for hydroxylation is 2. The van der Waals surface area contributed by atoms with E-state index in [0.29, 0.717) is 58.4 Å². The van der Waals surface area contributed by atoms with Crippen molar-refractivity contribution in [3.63, 3.8) is 0 Å². The molecule has 2 heterocycles. The molecule has 0 aliphatic heterocycles. The quantitative estimate of drug-likeness (QED) is 0.0384. The number of nitrogens with one attached hydrogen (secondary N) is 3. The Balaban J connectivity index is 0.000000172. The van der Waals surface area contributed by atoms with Crippen LogP contribution in [-0.2, 0) is 71.4 Å². The summed E-state index contributed by atoms with van der Waals surface area (Å²) in [6.07, 6.45) is 5.18. The maximum absolute atomic E-state index is 11.7. The largest absolute Gasteiger partial charge is 0.489 e. The summed E-state index contributed by atoms with van der Waals surface area (Å²) in [6, 6.07) is 77.1. The first-order chi connectivity index (χ1) is 46.5. The highest BCUT2D eigenvalue weighted by Crippen LogP contribution is 2.37. The minimum atomic E-state index is -0.648. The highest BCUT2D eigenvalue weighted by molar-refractivity contribution is 5.39. The predicted molar refractivity (Wildman–Crippen MR) is 375 cm³/mol. The van der Waals surface area contributed by atoms with Crippen LogP contribution in [0.5, 0.6) is 17.4 Å². The monoisotopic (exact) mass is 1270 g/mol. The van der Waals surface area contributed by atoms with Gasteiger partial charge in [0.05, 0.1) is 38.6 Å². The number of nitrogens with zero attached hydrogens (tertiary/aromatic N) is 1. The Morgan fingerprint density at radius 1 is 0.400 bits per heavy atom. The van der Waals surface area contributed by atoms with E-state index >= 15 is 0 Å². The molecule has 2 aliphatic rings. The van der Waals surface area contributed by atoms with Gasteiger partial charge >= 0.3 is 0 Å². The highest BCUT2D eigenvalue weighted by atomic mass is 16.6. The van der Waals surface area contributed by atoms with E-state index in [-0.39, 0.29) is 47.9 Å². The second kappa shape index (κ2) is 35.2. The van der Waals surface area contributed by atoms with Crippen LogP contribution in [0, 0.1) is 25.7 Å². The average Bonchev–Trinajstić information content (AvgIpc) is 1.77. The maximum atomic E-state index is 11.7. The van der Waals surface area contributed by atoms with E-state index in [1.165, 1.54) is 11.1 Å². The number of aromatic amines is 3. The number of rotatable bonds is 26. The normalized spacial score (nSPS) is 19.0. The van der Waals surface area contributed by atoms with Crippen molar-refractivity contribution in [2.45, 2.75) is 143 Å². The molecular weight excluding hydrogens is 1180 g/mol. The molecule has 95 heavy (non-hydrogen) atoms. The summed E-state index contributed by atoms with van der Waals surface area (Å²) in [5, 5.41) is 23.9. The van der Waals surface area contributed by atoms with Gasteiger partial charge in [-0.3, -0.25) is 15.0 Å². The number of benzene rings is 8. The third kappa shape index (κ3) is 19.9. The van der Waals surface area contributed by atoms with Gasteiger partial charge in [-0.05, 0) is 102 Å². The Morgan fingerprint density at radius 3 is 1.15 bits per heavy atom. The number of hydrogen-bond donors (Lipinski definition) is 4. The minimum Gasteiger partial charge on any atom is -0.489 e. The second-order valence-electron chi connectivity index (χ2n) is 24.4. The zero-order valence-electron chi connectivity index (χ0n) is 55.4. The van der Waals surface area contributed by atoms with Gasteiger partial charge in [-0.15, -0.1) is 5.10 Å². The van der Waals surface area contributed by atoms with E-state index in [4.69, 9.17) is 33.2 Å². The molecule has 0 amide bonds. The van der Waals surface area contributed by atoms with Crippen LogP contribution < -0.4 is 19.8 Å². The summed E-state index contributed by atoms with van der Waals surface area (Å²) in [6.45, 7) is 15.7. The Hall–Kier alpha value is -9.34. The van der Waals surface area contributed by atoms with E-state index in [0.717, 1.165) is 91.4 Å². The molecular formula is C82H90N4O9. The first-order valence-corrected chi connectivity index (χ1v) is 33.2. The van der Waals surface area contributed by atoms with Gasteiger partial charge in [0.25, 0.3) is 5.56 Å². The molecule has 4 N–H and O–H groups in total. The van der Waals surface area contributed by atoms with Gasteiger partial charge in [0, 0.05) is 47.2 Å². The Morgan fingerprint density at radius 2 is 0.758 bits per heavy atom. The first kappa shape index (κ1) is 68.5. The van der Waals surface area contributed by atoms with Crippen molar-refractivity contribution in [2.24, 2.45) is 11.8 Å². The van der Waals surface area contributed by atoms with Gasteiger partial charge in [0.15, 0.2) is 0 Å². The van der Waals surface area contributed by atoms with E-state index in [2.05, 4.69) is 115 Å². The fourth-order valence-electron chi connectivity index (χ4n) is 12.1. The highest BCUT2D eigenvalue weighted by Gasteiger charge is 2.42. The lowest BCUT2D eigenvalue weighted by Crippen LogP contribution is -2.50. The van der Waals surface area contributed by atoms with Crippen LogP contribution in [0.1, 0.15) is 108 Å². The van der Waals surface area contributed by atoms with E-state index in [1.54, 1.807) is 0 Å². The summed E-state index contributed by atoms with van der Waals surface area (Å²) in [5.41, 5.74) is 15.1. The lowest BCUT2D eigenvalue weighted by Gasteiger charge is -2.40. The summed E-state index contributed by atoms with van der Waals surface area (Å²) in [5.74, 6) is 2.65. The smallest absolute Gasteiger partial charge is 0.267 e. The average molecular weight is 1280 g/mol.